The average Bonchev–Trinajstić information content (AvgIpc) is 2.78. The van der Waals surface area contributed by atoms with Gasteiger partial charge in [0.2, 0.25) is 10.0 Å². The number of amides is 1. The van der Waals surface area contributed by atoms with Crippen molar-refractivity contribution in [3.63, 3.8) is 0 Å². The van der Waals surface area contributed by atoms with Crippen molar-refractivity contribution in [3.05, 3.63) is 29.8 Å². The molecule has 1 saturated carbocycles. The standard InChI is InChI=1S/C23H37N3O3S/c1-3-4-16-26-17-14-20(15-18-26)24-23(27)19-10-12-22(13-11-19)30(28,29)25(2)21-8-6-5-7-9-21/h10-13,20-21H,3-9,14-18H2,1-2H3,(H,24,27). The summed E-state index contributed by atoms with van der Waals surface area (Å²) in [7, 11) is -1.85. The van der Waals surface area contributed by atoms with E-state index < -0.39 is 10.0 Å². The molecule has 1 saturated heterocycles. The molecule has 2 fully saturated rings. The minimum Gasteiger partial charge on any atom is -0.349 e. The summed E-state index contributed by atoms with van der Waals surface area (Å²) in [6, 6.07) is 6.67. The number of piperidine rings is 1. The van der Waals surface area contributed by atoms with Crippen LogP contribution in [0.15, 0.2) is 29.2 Å². The van der Waals surface area contributed by atoms with Gasteiger partial charge in [-0.1, -0.05) is 32.6 Å². The molecule has 1 aliphatic heterocycles. The summed E-state index contributed by atoms with van der Waals surface area (Å²) < 4.78 is 27.4. The predicted molar refractivity (Wildman–Crippen MR) is 120 cm³/mol. The Morgan fingerprint density at radius 1 is 1.07 bits per heavy atom. The quantitative estimate of drug-likeness (QED) is 0.677. The van der Waals surface area contributed by atoms with E-state index in [1.807, 2.05) is 0 Å². The fourth-order valence-electron chi connectivity index (χ4n) is 4.54. The first-order valence-corrected chi connectivity index (χ1v) is 13.0. The predicted octanol–water partition coefficient (Wildman–Crippen LogP) is 3.63. The maximum atomic E-state index is 13.0. The number of hydrogen-bond donors (Lipinski definition) is 1. The van der Waals surface area contributed by atoms with Gasteiger partial charge in [0.15, 0.2) is 0 Å². The Kier molecular flexibility index (Phi) is 8.31. The summed E-state index contributed by atoms with van der Waals surface area (Å²) in [6.07, 6.45) is 9.57. The van der Waals surface area contributed by atoms with Gasteiger partial charge in [-0.2, -0.15) is 4.31 Å². The number of sulfonamides is 1. The summed E-state index contributed by atoms with van der Waals surface area (Å²) in [4.78, 5) is 15.4. The van der Waals surface area contributed by atoms with Gasteiger partial charge in [0.1, 0.15) is 0 Å². The summed E-state index contributed by atoms with van der Waals surface area (Å²) in [5.41, 5.74) is 0.516. The fourth-order valence-corrected chi connectivity index (χ4v) is 5.95. The van der Waals surface area contributed by atoms with Crippen molar-refractivity contribution in [1.29, 1.82) is 0 Å². The number of hydrogen-bond acceptors (Lipinski definition) is 4. The van der Waals surface area contributed by atoms with Crippen molar-refractivity contribution in [2.24, 2.45) is 0 Å². The van der Waals surface area contributed by atoms with E-state index in [9.17, 15) is 13.2 Å². The second-order valence-electron chi connectivity index (χ2n) is 8.78. The zero-order chi connectivity index (χ0) is 21.6. The zero-order valence-corrected chi connectivity index (χ0v) is 19.3. The molecule has 0 aromatic heterocycles. The second kappa shape index (κ2) is 10.7. The normalized spacial score (nSPS) is 19.8. The van der Waals surface area contributed by atoms with Crippen LogP contribution < -0.4 is 5.32 Å². The number of unbranched alkanes of at least 4 members (excludes halogenated alkanes) is 1. The number of rotatable bonds is 8. The monoisotopic (exact) mass is 435 g/mol. The first-order chi connectivity index (χ1) is 14.4. The maximum absolute atomic E-state index is 13.0. The van der Waals surface area contributed by atoms with Crippen LogP contribution in [0.4, 0.5) is 0 Å². The molecule has 1 amide bonds. The molecular weight excluding hydrogens is 398 g/mol. The van der Waals surface area contributed by atoms with Crippen LogP contribution in [0.5, 0.6) is 0 Å². The van der Waals surface area contributed by atoms with E-state index in [0.717, 1.165) is 58.2 Å². The first-order valence-electron chi connectivity index (χ1n) is 11.5. The van der Waals surface area contributed by atoms with Gasteiger partial charge in [0.05, 0.1) is 4.90 Å². The molecule has 0 radical (unpaired) electrons. The highest BCUT2D eigenvalue weighted by molar-refractivity contribution is 7.89. The molecule has 2 aliphatic rings. The van der Waals surface area contributed by atoms with Crippen molar-refractivity contribution in [1.82, 2.24) is 14.5 Å². The third kappa shape index (κ3) is 5.83. The first kappa shape index (κ1) is 23.2. The van der Waals surface area contributed by atoms with E-state index >= 15 is 0 Å². The molecule has 0 unspecified atom stereocenters. The molecule has 168 valence electrons. The fraction of sp³-hybridized carbons (Fsp3) is 0.696. The van der Waals surface area contributed by atoms with E-state index in [-0.39, 0.29) is 22.9 Å². The van der Waals surface area contributed by atoms with Crippen LogP contribution >= 0.6 is 0 Å². The van der Waals surface area contributed by atoms with Gasteiger partial charge in [0, 0.05) is 37.8 Å². The molecule has 0 atom stereocenters. The molecule has 30 heavy (non-hydrogen) atoms. The van der Waals surface area contributed by atoms with Gasteiger partial charge < -0.3 is 10.2 Å². The van der Waals surface area contributed by atoms with Gasteiger partial charge in [-0.3, -0.25) is 4.79 Å². The molecule has 0 bridgehead atoms. The third-order valence-corrected chi connectivity index (χ3v) is 8.56. The van der Waals surface area contributed by atoms with Crippen LogP contribution in [0.3, 0.4) is 0 Å². The third-order valence-electron chi connectivity index (χ3n) is 6.63. The summed E-state index contributed by atoms with van der Waals surface area (Å²) in [5.74, 6) is -0.119. The van der Waals surface area contributed by atoms with Gasteiger partial charge in [-0.15, -0.1) is 0 Å². The molecular formula is C23H37N3O3S. The summed E-state index contributed by atoms with van der Waals surface area (Å²) in [5, 5.41) is 3.12. The highest BCUT2D eigenvalue weighted by atomic mass is 32.2. The Morgan fingerprint density at radius 2 is 1.70 bits per heavy atom. The van der Waals surface area contributed by atoms with Crippen LogP contribution in [0.25, 0.3) is 0 Å². The van der Waals surface area contributed by atoms with Crippen molar-refractivity contribution in [2.45, 2.75) is 81.7 Å². The van der Waals surface area contributed by atoms with Crippen molar-refractivity contribution in [3.8, 4) is 0 Å². The van der Waals surface area contributed by atoms with E-state index in [0.29, 0.717) is 5.56 Å². The van der Waals surface area contributed by atoms with Crippen LogP contribution in [0.1, 0.15) is 75.1 Å². The Morgan fingerprint density at radius 3 is 2.30 bits per heavy atom. The van der Waals surface area contributed by atoms with Crippen LogP contribution in [0.2, 0.25) is 0 Å². The largest absolute Gasteiger partial charge is 0.349 e. The van der Waals surface area contributed by atoms with Gasteiger partial charge >= 0.3 is 0 Å². The minimum atomic E-state index is -3.53. The van der Waals surface area contributed by atoms with Gasteiger partial charge in [-0.25, -0.2) is 8.42 Å². The smallest absolute Gasteiger partial charge is 0.251 e. The Balaban J connectivity index is 1.55. The van der Waals surface area contributed by atoms with E-state index in [2.05, 4.69) is 17.1 Å². The maximum Gasteiger partial charge on any atom is 0.251 e. The Bertz CT molecular complexity index is 780. The molecule has 1 heterocycles. The molecule has 1 N–H and O–H groups in total. The summed E-state index contributed by atoms with van der Waals surface area (Å²) >= 11 is 0. The second-order valence-corrected chi connectivity index (χ2v) is 10.8. The molecule has 1 aliphatic carbocycles. The highest BCUT2D eigenvalue weighted by Crippen LogP contribution is 2.26. The number of likely N-dealkylation sites (tertiary alicyclic amines) is 1. The van der Waals surface area contributed by atoms with Gasteiger partial charge in [0.25, 0.3) is 5.91 Å². The van der Waals surface area contributed by atoms with Gasteiger partial charge in [-0.05, 0) is 62.9 Å². The molecule has 7 heteroatoms. The number of benzene rings is 1. The lowest BCUT2D eigenvalue weighted by molar-refractivity contribution is 0.0910. The van der Waals surface area contributed by atoms with Crippen molar-refractivity contribution in [2.75, 3.05) is 26.7 Å². The van der Waals surface area contributed by atoms with Crippen molar-refractivity contribution < 1.29 is 13.2 Å². The van der Waals surface area contributed by atoms with Crippen LogP contribution in [-0.2, 0) is 10.0 Å². The highest BCUT2D eigenvalue weighted by Gasteiger charge is 2.29. The molecule has 0 spiro atoms. The Labute approximate surface area is 182 Å². The van der Waals surface area contributed by atoms with E-state index in [1.165, 1.54) is 23.6 Å². The lowest BCUT2D eigenvalue weighted by Gasteiger charge is -2.32. The number of nitrogens with one attached hydrogen (secondary N) is 1. The number of carbonyl (C=O) groups is 1. The molecule has 3 rings (SSSR count). The zero-order valence-electron chi connectivity index (χ0n) is 18.5. The SMILES string of the molecule is CCCCN1CCC(NC(=O)c2ccc(S(=O)(=O)N(C)C3CCCCC3)cc2)CC1. The minimum absolute atomic E-state index is 0.0786. The molecule has 1 aromatic rings. The number of nitrogens with zero attached hydrogens (tertiary/aromatic N) is 2. The Hall–Kier alpha value is -1.44. The number of carbonyl (C=O) groups excluding carboxylic acids is 1. The van der Waals surface area contributed by atoms with E-state index in [1.54, 1.807) is 31.3 Å². The average molecular weight is 436 g/mol. The van der Waals surface area contributed by atoms with Crippen LogP contribution in [0, 0.1) is 0 Å². The van der Waals surface area contributed by atoms with Crippen LogP contribution in [-0.4, -0.2) is 62.3 Å². The lowest BCUT2D eigenvalue weighted by atomic mass is 9.96. The summed E-state index contributed by atoms with van der Waals surface area (Å²) in [6.45, 7) is 5.39. The molecule has 6 nitrogen and oxygen atoms in total. The van der Waals surface area contributed by atoms with E-state index in [4.69, 9.17) is 0 Å². The molecule has 1 aromatic carbocycles. The topological polar surface area (TPSA) is 69.7 Å². The van der Waals surface area contributed by atoms with Crippen molar-refractivity contribution >= 4 is 15.9 Å². The lowest BCUT2D eigenvalue weighted by Crippen LogP contribution is -2.44.